The van der Waals surface area contributed by atoms with E-state index >= 15 is 0 Å². The number of hydrogen-bond acceptors (Lipinski definition) is 5. The third kappa shape index (κ3) is 4.32. The van der Waals surface area contributed by atoms with Gasteiger partial charge in [-0.15, -0.1) is 0 Å². The van der Waals surface area contributed by atoms with Crippen LogP contribution in [0.2, 0.25) is 5.04 Å². The molecule has 0 unspecified atom stereocenters. The van der Waals surface area contributed by atoms with Crippen LogP contribution in [0, 0.1) is 5.92 Å². The number of hydrogen-bond donors (Lipinski definition) is 1. The quantitative estimate of drug-likeness (QED) is 0.647. The van der Waals surface area contributed by atoms with Gasteiger partial charge in [-0.25, -0.2) is 0 Å². The first-order valence-corrected chi connectivity index (χ1v) is 13.5. The molecule has 0 aromatic heterocycles. The van der Waals surface area contributed by atoms with Gasteiger partial charge in [0, 0.05) is 12.5 Å². The lowest BCUT2D eigenvalue weighted by Crippen LogP contribution is -2.67. The second-order valence-corrected chi connectivity index (χ2v) is 14.6. The minimum absolute atomic E-state index is 0.0185. The van der Waals surface area contributed by atoms with Crippen molar-refractivity contribution in [3.8, 4) is 0 Å². The standard InChI is InChI=1S/C26H36O5Si/c1-25(2,3)32(19-12-8-6-9-13-19,20-14-10-7-11-15-20)28-18-22-21(16-17-27)23-24(29-22)31-26(4,5)30-23/h6-15,21-24,27H,16-18H2,1-5H3/t21-,22+,23-,24-/m0/s1. The SMILES string of the molecule is CC1(C)O[C@@H]2O[C@H](CO[Si](c3ccccc3)(c3ccccc3)C(C)(C)C)[C@H](CCO)[C@@H]2O1. The third-order valence-electron chi connectivity index (χ3n) is 6.64. The van der Waals surface area contributed by atoms with Gasteiger partial charge in [-0.2, -0.15) is 0 Å². The Balaban J connectivity index is 1.67. The van der Waals surface area contributed by atoms with Gasteiger partial charge in [0.15, 0.2) is 12.1 Å². The molecule has 6 heteroatoms. The first kappa shape index (κ1) is 23.6. The highest BCUT2D eigenvalue weighted by atomic mass is 28.4. The van der Waals surface area contributed by atoms with E-state index in [9.17, 15) is 5.11 Å². The van der Waals surface area contributed by atoms with Gasteiger partial charge in [-0.3, -0.25) is 0 Å². The van der Waals surface area contributed by atoms with Crippen LogP contribution in [-0.4, -0.2) is 50.9 Å². The smallest absolute Gasteiger partial charge is 0.261 e. The van der Waals surface area contributed by atoms with E-state index < -0.39 is 20.4 Å². The second-order valence-electron chi connectivity index (χ2n) is 10.3. The van der Waals surface area contributed by atoms with Crippen LogP contribution in [0.25, 0.3) is 0 Å². The van der Waals surface area contributed by atoms with Gasteiger partial charge in [-0.05, 0) is 35.7 Å². The lowest BCUT2D eigenvalue weighted by atomic mass is 9.95. The summed E-state index contributed by atoms with van der Waals surface area (Å²) in [5.41, 5.74) is 0. The Kier molecular flexibility index (Phi) is 6.65. The Hall–Kier alpha value is -1.54. The van der Waals surface area contributed by atoms with Crippen LogP contribution in [0.1, 0.15) is 41.0 Å². The van der Waals surface area contributed by atoms with Crippen LogP contribution in [0.15, 0.2) is 60.7 Å². The molecular formula is C26H36O5Si. The summed E-state index contributed by atoms with van der Waals surface area (Å²) in [4.78, 5) is 0. The molecule has 2 aromatic rings. The van der Waals surface area contributed by atoms with E-state index in [0.29, 0.717) is 13.0 Å². The van der Waals surface area contributed by atoms with Crippen molar-refractivity contribution in [2.24, 2.45) is 5.92 Å². The third-order valence-corrected chi connectivity index (χ3v) is 11.6. The molecular weight excluding hydrogens is 420 g/mol. The van der Waals surface area contributed by atoms with Crippen molar-refractivity contribution in [2.45, 2.75) is 70.4 Å². The summed E-state index contributed by atoms with van der Waals surface area (Å²) >= 11 is 0. The van der Waals surface area contributed by atoms with E-state index in [1.165, 1.54) is 10.4 Å². The van der Waals surface area contributed by atoms with E-state index in [2.05, 4.69) is 69.3 Å². The fourth-order valence-corrected chi connectivity index (χ4v) is 9.84. The van der Waals surface area contributed by atoms with Gasteiger partial charge in [-0.1, -0.05) is 81.4 Å². The van der Waals surface area contributed by atoms with E-state index in [-0.39, 0.29) is 29.8 Å². The van der Waals surface area contributed by atoms with Crippen LogP contribution < -0.4 is 10.4 Å². The molecule has 5 nitrogen and oxygen atoms in total. The van der Waals surface area contributed by atoms with Gasteiger partial charge < -0.3 is 23.7 Å². The van der Waals surface area contributed by atoms with Crippen molar-refractivity contribution < 1.29 is 23.7 Å². The molecule has 4 atom stereocenters. The zero-order valence-corrected chi connectivity index (χ0v) is 20.8. The number of benzene rings is 2. The van der Waals surface area contributed by atoms with Crippen LogP contribution in [-0.2, 0) is 18.6 Å². The maximum Gasteiger partial charge on any atom is 0.261 e. The van der Waals surface area contributed by atoms with Crippen LogP contribution in [0.4, 0.5) is 0 Å². The molecule has 0 bridgehead atoms. The molecule has 2 fully saturated rings. The maximum atomic E-state index is 9.72. The van der Waals surface area contributed by atoms with E-state index in [4.69, 9.17) is 18.6 Å². The average molecular weight is 457 g/mol. The summed E-state index contributed by atoms with van der Waals surface area (Å²) in [7, 11) is -2.66. The van der Waals surface area contributed by atoms with Crippen LogP contribution >= 0.6 is 0 Å². The van der Waals surface area contributed by atoms with Crippen molar-refractivity contribution >= 4 is 18.7 Å². The van der Waals surface area contributed by atoms with Crippen molar-refractivity contribution in [1.29, 1.82) is 0 Å². The highest BCUT2D eigenvalue weighted by Gasteiger charge is 2.56. The summed E-state index contributed by atoms with van der Waals surface area (Å²) in [6.07, 6.45) is -0.218. The number of rotatable bonds is 7. The molecule has 0 amide bonds. The molecule has 2 heterocycles. The fraction of sp³-hybridized carbons (Fsp3) is 0.538. The Morgan fingerprint density at radius 3 is 2.00 bits per heavy atom. The molecule has 0 saturated carbocycles. The van der Waals surface area contributed by atoms with Gasteiger partial charge >= 0.3 is 0 Å². The highest BCUT2D eigenvalue weighted by molar-refractivity contribution is 6.99. The largest absolute Gasteiger partial charge is 0.405 e. The number of aliphatic hydroxyl groups excluding tert-OH is 1. The number of aliphatic hydroxyl groups is 1. The summed E-state index contributed by atoms with van der Waals surface area (Å²) in [6, 6.07) is 21.2. The fourth-order valence-electron chi connectivity index (χ4n) is 5.27. The molecule has 4 rings (SSSR count). The second kappa shape index (κ2) is 9.01. The zero-order chi connectivity index (χ0) is 23.0. The van der Waals surface area contributed by atoms with Gasteiger partial charge in [0.2, 0.25) is 0 Å². The first-order chi connectivity index (χ1) is 15.2. The summed E-state index contributed by atoms with van der Waals surface area (Å²) in [5, 5.41) is 12.1. The Morgan fingerprint density at radius 1 is 0.938 bits per heavy atom. The monoisotopic (exact) mass is 456 g/mol. The van der Waals surface area contributed by atoms with Crippen molar-refractivity contribution in [1.82, 2.24) is 0 Å². The Labute approximate surface area is 192 Å². The molecule has 0 radical (unpaired) electrons. The molecule has 32 heavy (non-hydrogen) atoms. The minimum Gasteiger partial charge on any atom is -0.405 e. The van der Waals surface area contributed by atoms with E-state index in [1.54, 1.807) is 0 Å². The summed E-state index contributed by atoms with van der Waals surface area (Å²) in [6.45, 7) is 11.1. The minimum atomic E-state index is -2.66. The first-order valence-electron chi connectivity index (χ1n) is 11.5. The Bertz CT molecular complexity index is 841. The molecule has 2 aliphatic rings. The lowest BCUT2D eigenvalue weighted by Gasteiger charge is -2.43. The normalized spacial score (nSPS) is 27.4. The summed E-state index contributed by atoms with van der Waals surface area (Å²) in [5.74, 6) is -0.655. The van der Waals surface area contributed by atoms with Gasteiger partial charge in [0.05, 0.1) is 12.7 Å². The summed E-state index contributed by atoms with van der Waals surface area (Å²) < 4.78 is 25.5. The Morgan fingerprint density at radius 2 is 1.50 bits per heavy atom. The lowest BCUT2D eigenvalue weighted by molar-refractivity contribution is -0.213. The zero-order valence-electron chi connectivity index (χ0n) is 19.8. The predicted molar refractivity (Wildman–Crippen MR) is 127 cm³/mol. The van der Waals surface area contributed by atoms with Crippen LogP contribution in [0.5, 0.6) is 0 Å². The number of ether oxygens (including phenoxy) is 3. The molecule has 1 N–H and O–H groups in total. The van der Waals surface area contributed by atoms with Gasteiger partial charge in [0.1, 0.15) is 6.10 Å². The molecule has 0 aliphatic carbocycles. The highest BCUT2D eigenvalue weighted by Crippen LogP contribution is 2.43. The molecule has 2 saturated heterocycles. The molecule has 174 valence electrons. The molecule has 0 spiro atoms. The average Bonchev–Trinajstić information content (AvgIpc) is 3.21. The van der Waals surface area contributed by atoms with E-state index in [0.717, 1.165) is 0 Å². The van der Waals surface area contributed by atoms with Crippen molar-refractivity contribution in [2.75, 3.05) is 13.2 Å². The molecule has 2 aromatic carbocycles. The number of fused-ring (bicyclic) bond motifs is 1. The van der Waals surface area contributed by atoms with Gasteiger partial charge in [0.25, 0.3) is 8.32 Å². The van der Waals surface area contributed by atoms with Crippen LogP contribution in [0.3, 0.4) is 0 Å². The molecule has 2 aliphatic heterocycles. The maximum absolute atomic E-state index is 9.72. The van der Waals surface area contributed by atoms with Crippen molar-refractivity contribution in [3.05, 3.63) is 60.7 Å². The predicted octanol–water partition coefficient (Wildman–Crippen LogP) is 3.44. The van der Waals surface area contributed by atoms with E-state index in [1.807, 2.05) is 26.0 Å². The van der Waals surface area contributed by atoms with Crippen molar-refractivity contribution in [3.63, 3.8) is 0 Å². The topological polar surface area (TPSA) is 57.2 Å².